The van der Waals surface area contributed by atoms with E-state index in [0.717, 1.165) is 0 Å². The number of hydrogen-bond acceptors (Lipinski definition) is 3. The van der Waals surface area contributed by atoms with Crippen molar-refractivity contribution in [1.82, 2.24) is 0 Å². The van der Waals surface area contributed by atoms with Crippen molar-refractivity contribution in [2.75, 3.05) is 7.11 Å². The van der Waals surface area contributed by atoms with Crippen LogP contribution in [0.5, 0.6) is 0 Å². The quantitative estimate of drug-likeness (QED) is 0.644. The monoisotopic (exact) mass is 187 g/mol. The fourth-order valence-corrected chi connectivity index (χ4v) is 1.18. The van der Waals surface area contributed by atoms with Gasteiger partial charge in [0.2, 0.25) is 5.91 Å². The Kier molecular flexibility index (Phi) is 5.11. The van der Waals surface area contributed by atoms with E-state index in [0.29, 0.717) is 6.42 Å². The van der Waals surface area contributed by atoms with Gasteiger partial charge in [0, 0.05) is 12.3 Å². The number of nitrogens with two attached hydrogens (primary N) is 1. The van der Waals surface area contributed by atoms with Crippen molar-refractivity contribution in [2.24, 2.45) is 17.6 Å². The standard InChI is InChI=1S/C9H17NO3/c1-6(2)7(9(10)12)4-5-8(11)13-3/h6-7H,4-5H2,1-3H3,(H2,10,12). The predicted octanol–water partition coefficient (Wildman–Crippen LogP) is 0.697. The van der Waals surface area contributed by atoms with Crippen LogP contribution in [0.3, 0.4) is 0 Å². The van der Waals surface area contributed by atoms with Gasteiger partial charge in [-0.05, 0) is 12.3 Å². The van der Waals surface area contributed by atoms with Crippen LogP contribution < -0.4 is 5.73 Å². The molecule has 13 heavy (non-hydrogen) atoms. The molecule has 76 valence electrons. The molecular formula is C9H17NO3. The highest BCUT2D eigenvalue weighted by molar-refractivity contribution is 5.78. The van der Waals surface area contributed by atoms with Crippen LogP contribution in [-0.2, 0) is 14.3 Å². The van der Waals surface area contributed by atoms with Gasteiger partial charge in [-0.15, -0.1) is 0 Å². The zero-order valence-electron chi connectivity index (χ0n) is 8.37. The summed E-state index contributed by atoms with van der Waals surface area (Å²) in [6.45, 7) is 3.82. The molecule has 4 heteroatoms. The molecule has 1 unspecified atom stereocenters. The molecule has 0 saturated carbocycles. The van der Waals surface area contributed by atoms with Crippen molar-refractivity contribution < 1.29 is 14.3 Å². The number of carbonyl (C=O) groups is 2. The molecule has 2 N–H and O–H groups in total. The van der Waals surface area contributed by atoms with Crippen LogP contribution in [0.1, 0.15) is 26.7 Å². The van der Waals surface area contributed by atoms with Crippen molar-refractivity contribution in [1.29, 1.82) is 0 Å². The molecule has 0 aromatic heterocycles. The van der Waals surface area contributed by atoms with E-state index in [9.17, 15) is 9.59 Å². The second kappa shape index (κ2) is 5.56. The van der Waals surface area contributed by atoms with Gasteiger partial charge in [0.15, 0.2) is 0 Å². The lowest BCUT2D eigenvalue weighted by Crippen LogP contribution is -2.28. The first-order valence-electron chi connectivity index (χ1n) is 4.35. The molecule has 0 rings (SSSR count). The Bertz CT molecular complexity index is 189. The number of amides is 1. The highest BCUT2D eigenvalue weighted by Gasteiger charge is 2.20. The lowest BCUT2D eigenvalue weighted by Gasteiger charge is -2.15. The third-order valence-electron chi connectivity index (χ3n) is 2.06. The first-order valence-corrected chi connectivity index (χ1v) is 4.35. The minimum Gasteiger partial charge on any atom is -0.469 e. The average Bonchev–Trinajstić information content (AvgIpc) is 2.03. The molecule has 0 aromatic rings. The van der Waals surface area contributed by atoms with Crippen molar-refractivity contribution in [2.45, 2.75) is 26.7 Å². The largest absolute Gasteiger partial charge is 0.469 e. The summed E-state index contributed by atoms with van der Waals surface area (Å²) in [5.41, 5.74) is 5.17. The third kappa shape index (κ3) is 4.50. The molecule has 1 amide bonds. The van der Waals surface area contributed by atoms with E-state index in [1.807, 2.05) is 13.8 Å². The molecule has 0 heterocycles. The van der Waals surface area contributed by atoms with E-state index >= 15 is 0 Å². The van der Waals surface area contributed by atoms with E-state index in [2.05, 4.69) is 4.74 Å². The maximum absolute atomic E-state index is 10.9. The minimum absolute atomic E-state index is 0.169. The molecule has 0 saturated heterocycles. The Hall–Kier alpha value is -1.06. The van der Waals surface area contributed by atoms with Gasteiger partial charge in [-0.3, -0.25) is 9.59 Å². The number of primary amides is 1. The summed E-state index contributed by atoms with van der Waals surface area (Å²) in [4.78, 5) is 21.7. The highest BCUT2D eigenvalue weighted by atomic mass is 16.5. The van der Waals surface area contributed by atoms with Crippen molar-refractivity contribution in [3.8, 4) is 0 Å². The van der Waals surface area contributed by atoms with Crippen LogP contribution >= 0.6 is 0 Å². The van der Waals surface area contributed by atoms with Gasteiger partial charge in [-0.25, -0.2) is 0 Å². The Morgan fingerprint density at radius 3 is 2.23 bits per heavy atom. The van der Waals surface area contributed by atoms with E-state index in [1.54, 1.807) is 0 Å². The van der Waals surface area contributed by atoms with Crippen LogP contribution in [0.15, 0.2) is 0 Å². The smallest absolute Gasteiger partial charge is 0.305 e. The number of rotatable bonds is 5. The zero-order valence-corrected chi connectivity index (χ0v) is 8.37. The summed E-state index contributed by atoms with van der Waals surface area (Å²) in [6.07, 6.45) is 0.724. The van der Waals surface area contributed by atoms with Gasteiger partial charge >= 0.3 is 5.97 Å². The topological polar surface area (TPSA) is 69.4 Å². The molecule has 0 aliphatic heterocycles. The van der Waals surface area contributed by atoms with Crippen LogP contribution in [0.2, 0.25) is 0 Å². The predicted molar refractivity (Wildman–Crippen MR) is 48.8 cm³/mol. The molecule has 0 aliphatic rings. The number of hydrogen-bond donors (Lipinski definition) is 1. The van der Waals surface area contributed by atoms with E-state index in [-0.39, 0.29) is 30.1 Å². The average molecular weight is 187 g/mol. The highest BCUT2D eigenvalue weighted by Crippen LogP contribution is 2.16. The summed E-state index contributed by atoms with van der Waals surface area (Å²) in [6, 6.07) is 0. The minimum atomic E-state index is -0.348. The van der Waals surface area contributed by atoms with Crippen molar-refractivity contribution >= 4 is 11.9 Å². The van der Waals surface area contributed by atoms with Gasteiger partial charge in [-0.2, -0.15) is 0 Å². The maximum atomic E-state index is 10.9. The summed E-state index contributed by atoms with van der Waals surface area (Å²) >= 11 is 0. The first-order chi connectivity index (χ1) is 5.99. The Balaban J connectivity index is 3.97. The Morgan fingerprint density at radius 2 is 1.92 bits per heavy atom. The lowest BCUT2D eigenvalue weighted by molar-refractivity contribution is -0.141. The molecule has 0 radical (unpaired) electrons. The van der Waals surface area contributed by atoms with Gasteiger partial charge in [0.25, 0.3) is 0 Å². The molecule has 0 spiro atoms. The maximum Gasteiger partial charge on any atom is 0.305 e. The van der Waals surface area contributed by atoms with Gasteiger partial charge in [-0.1, -0.05) is 13.8 Å². The molecule has 0 bridgehead atoms. The zero-order chi connectivity index (χ0) is 10.4. The van der Waals surface area contributed by atoms with E-state index < -0.39 is 0 Å². The Labute approximate surface area is 78.4 Å². The van der Waals surface area contributed by atoms with Gasteiger partial charge in [0.1, 0.15) is 0 Å². The summed E-state index contributed by atoms with van der Waals surface area (Å²) in [5, 5.41) is 0. The van der Waals surface area contributed by atoms with Gasteiger partial charge < -0.3 is 10.5 Å². The molecule has 1 atom stereocenters. The van der Waals surface area contributed by atoms with Crippen molar-refractivity contribution in [3.05, 3.63) is 0 Å². The summed E-state index contributed by atoms with van der Waals surface area (Å²) < 4.78 is 4.47. The first kappa shape index (κ1) is 11.9. The summed E-state index contributed by atoms with van der Waals surface area (Å²) in [5.74, 6) is -0.716. The van der Waals surface area contributed by atoms with Gasteiger partial charge in [0.05, 0.1) is 7.11 Å². The SMILES string of the molecule is COC(=O)CCC(C(N)=O)C(C)C. The van der Waals surface area contributed by atoms with E-state index in [1.165, 1.54) is 7.11 Å². The second-order valence-corrected chi connectivity index (χ2v) is 3.37. The molecular weight excluding hydrogens is 170 g/mol. The summed E-state index contributed by atoms with van der Waals surface area (Å²) in [7, 11) is 1.33. The number of carbonyl (C=O) groups excluding carboxylic acids is 2. The molecule has 0 fully saturated rings. The number of methoxy groups -OCH3 is 1. The van der Waals surface area contributed by atoms with Crippen LogP contribution in [0.25, 0.3) is 0 Å². The number of esters is 1. The van der Waals surface area contributed by atoms with Crippen molar-refractivity contribution in [3.63, 3.8) is 0 Å². The number of ether oxygens (including phenoxy) is 1. The van der Waals surface area contributed by atoms with Crippen LogP contribution in [0, 0.1) is 11.8 Å². The van der Waals surface area contributed by atoms with Crippen LogP contribution in [-0.4, -0.2) is 19.0 Å². The second-order valence-electron chi connectivity index (χ2n) is 3.37. The molecule has 0 aliphatic carbocycles. The fourth-order valence-electron chi connectivity index (χ4n) is 1.18. The Morgan fingerprint density at radius 1 is 1.38 bits per heavy atom. The normalized spacial score (nSPS) is 12.6. The van der Waals surface area contributed by atoms with E-state index in [4.69, 9.17) is 5.73 Å². The third-order valence-corrected chi connectivity index (χ3v) is 2.06. The fraction of sp³-hybridized carbons (Fsp3) is 0.778. The molecule has 0 aromatic carbocycles. The van der Waals surface area contributed by atoms with Crippen LogP contribution in [0.4, 0.5) is 0 Å². The lowest BCUT2D eigenvalue weighted by atomic mass is 9.91. The molecule has 4 nitrogen and oxygen atoms in total.